The predicted octanol–water partition coefficient (Wildman–Crippen LogP) is 4.13. The van der Waals surface area contributed by atoms with E-state index in [1.807, 2.05) is 0 Å². The minimum Gasteiger partial charge on any atom is -0.493 e. The Hall–Kier alpha value is -3.22. The van der Waals surface area contributed by atoms with Crippen molar-refractivity contribution in [3.8, 4) is 11.5 Å². The fourth-order valence-corrected chi connectivity index (χ4v) is 2.93. The van der Waals surface area contributed by atoms with Crippen LogP contribution in [0.25, 0.3) is 0 Å². The van der Waals surface area contributed by atoms with Crippen LogP contribution in [0.3, 0.4) is 0 Å². The van der Waals surface area contributed by atoms with Gasteiger partial charge in [-0.15, -0.1) is 0 Å². The number of hydrogen-bond donors (Lipinski definition) is 1. The van der Waals surface area contributed by atoms with E-state index < -0.39 is 15.5 Å². The molecule has 0 spiro atoms. The summed E-state index contributed by atoms with van der Waals surface area (Å²) >= 11 is 2.09. The predicted molar refractivity (Wildman–Crippen MR) is 112 cm³/mol. The van der Waals surface area contributed by atoms with Gasteiger partial charge < -0.3 is 9.47 Å². The van der Waals surface area contributed by atoms with Gasteiger partial charge in [-0.05, 0) is 46.4 Å². The number of ether oxygens (including phenoxy) is 2. The summed E-state index contributed by atoms with van der Waals surface area (Å²) in [4.78, 5) is 20.5. The number of rotatable bonds is 9. The molecule has 2 aromatic carbocycles. The molecule has 1 N–H and O–H groups in total. The highest BCUT2D eigenvalue weighted by molar-refractivity contribution is 14.1. The maximum absolute atomic E-state index is 11.1. The maximum Gasteiger partial charge on any atom is 0.301 e. The third kappa shape index (κ3) is 5.16. The molecule has 0 aliphatic carbocycles. The third-order valence-corrected chi connectivity index (χ3v) is 4.19. The molecule has 0 fully saturated rings. The molecule has 28 heavy (non-hydrogen) atoms. The second-order valence-electron chi connectivity index (χ2n) is 5.22. The zero-order valence-electron chi connectivity index (χ0n) is 14.6. The number of non-ortho nitro benzene ring substituents is 1. The van der Waals surface area contributed by atoms with Crippen molar-refractivity contribution in [3.63, 3.8) is 0 Å². The minimum atomic E-state index is -0.720. The summed E-state index contributed by atoms with van der Waals surface area (Å²) in [7, 11) is 1.51. The quantitative estimate of drug-likeness (QED) is 0.181. The zero-order chi connectivity index (χ0) is 20.7. The number of nitrogens with one attached hydrogen (secondary N) is 1. The lowest BCUT2D eigenvalue weighted by Gasteiger charge is -2.12. The molecule has 0 aliphatic rings. The Kier molecular flexibility index (Phi) is 7.26. The van der Waals surface area contributed by atoms with Crippen molar-refractivity contribution in [2.75, 3.05) is 19.1 Å². The summed E-state index contributed by atoms with van der Waals surface area (Å²) in [5.74, 6) is 1.07. The molecule has 2 rings (SSSR count). The van der Waals surface area contributed by atoms with E-state index >= 15 is 0 Å². The highest BCUT2D eigenvalue weighted by Crippen LogP contribution is 2.34. The van der Waals surface area contributed by atoms with E-state index in [1.165, 1.54) is 19.4 Å². The Balaban J connectivity index is 2.25. The van der Waals surface area contributed by atoms with Crippen LogP contribution in [0.15, 0.2) is 48.1 Å². The van der Waals surface area contributed by atoms with Crippen LogP contribution in [0, 0.1) is 23.8 Å². The number of hydrogen-bond acceptors (Lipinski definition) is 8. The smallest absolute Gasteiger partial charge is 0.301 e. The van der Waals surface area contributed by atoms with Crippen LogP contribution in [0.1, 0.15) is 5.56 Å². The lowest BCUT2D eigenvalue weighted by Crippen LogP contribution is -2.01. The van der Waals surface area contributed by atoms with Gasteiger partial charge in [0.15, 0.2) is 11.5 Å². The highest BCUT2D eigenvalue weighted by atomic mass is 127. The Morgan fingerprint density at radius 1 is 1.25 bits per heavy atom. The Labute approximate surface area is 173 Å². The SMILES string of the molecule is C=CCOc1c(I)cc(/C=N\Nc2ccc([N+](=O)[O-])cc2[N+](=O)[O-])cc1OC. The molecule has 0 unspecified atom stereocenters. The van der Waals surface area contributed by atoms with Crippen LogP contribution in [0.5, 0.6) is 11.5 Å². The number of nitrogens with zero attached hydrogens (tertiary/aromatic N) is 3. The lowest BCUT2D eigenvalue weighted by molar-refractivity contribution is -0.393. The normalized spacial score (nSPS) is 10.5. The van der Waals surface area contributed by atoms with Gasteiger partial charge in [-0.3, -0.25) is 25.7 Å². The molecule has 0 aliphatic heterocycles. The zero-order valence-corrected chi connectivity index (χ0v) is 16.8. The molecule has 0 bridgehead atoms. The van der Waals surface area contributed by atoms with Crippen LogP contribution in [0.4, 0.5) is 17.1 Å². The highest BCUT2D eigenvalue weighted by Gasteiger charge is 2.19. The fourth-order valence-electron chi connectivity index (χ4n) is 2.15. The summed E-state index contributed by atoms with van der Waals surface area (Å²) in [6.45, 7) is 3.92. The second-order valence-corrected chi connectivity index (χ2v) is 6.38. The molecule has 0 heterocycles. The molecule has 0 atom stereocenters. The van der Waals surface area contributed by atoms with Crippen LogP contribution in [0.2, 0.25) is 0 Å². The molecular weight excluding hydrogens is 483 g/mol. The number of methoxy groups -OCH3 is 1. The van der Waals surface area contributed by atoms with Gasteiger partial charge >= 0.3 is 5.69 Å². The molecule has 0 aromatic heterocycles. The van der Waals surface area contributed by atoms with Crippen molar-refractivity contribution >= 4 is 45.9 Å². The topological polar surface area (TPSA) is 129 Å². The standard InChI is InChI=1S/C17H15IN4O6/c1-3-6-28-17-13(18)7-11(8-16(17)27-2)10-19-20-14-5-4-12(21(23)24)9-15(14)22(25)26/h3-5,7-10,20H,1,6H2,2H3/b19-10-. The number of anilines is 1. The molecular formula is C17H15IN4O6. The number of benzene rings is 2. The van der Waals surface area contributed by atoms with Gasteiger partial charge in [0, 0.05) is 6.07 Å². The number of nitro benzene ring substituents is 2. The van der Waals surface area contributed by atoms with Gasteiger partial charge in [0.1, 0.15) is 12.3 Å². The van der Waals surface area contributed by atoms with Crippen molar-refractivity contribution in [3.05, 3.63) is 72.3 Å². The van der Waals surface area contributed by atoms with E-state index in [2.05, 4.69) is 39.7 Å². The maximum atomic E-state index is 11.1. The first kappa shape index (κ1) is 21.1. The van der Waals surface area contributed by atoms with E-state index in [0.29, 0.717) is 23.7 Å². The number of nitro groups is 2. The fraction of sp³-hybridized carbons (Fsp3) is 0.118. The molecule has 0 radical (unpaired) electrons. The average Bonchev–Trinajstić information content (AvgIpc) is 2.66. The molecule has 11 heteroatoms. The van der Waals surface area contributed by atoms with Crippen molar-refractivity contribution < 1.29 is 19.3 Å². The van der Waals surface area contributed by atoms with E-state index in [9.17, 15) is 20.2 Å². The van der Waals surface area contributed by atoms with Crippen molar-refractivity contribution in [2.45, 2.75) is 0 Å². The molecule has 0 amide bonds. The van der Waals surface area contributed by atoms with Gasteiger partial charge in [0.25, 0.3) is 5.69 Å². The average molecular weight is 498 g/mol. The van der Waals surface area contributed by atoms with Crippen molar-refractivity contribution in [1.82, 2.24) is 0 Å². The largest absolute Gasteiger partial charge is 0.493 e. The van der Waals surface area contributed by atoms with Crippen molar-refractivity contribution in [1.29, 1.82) is 0 Å². The summed E-state index contributed by atoms with van der Waals surface area (Å²) in [6, 6.07) is 6.73. The van der Waals surface area contributed by atoms with Gasteiger partial charge in [0.05, 0.1) is 32.8 Å². The lowest BCUT2D eigenvalue weighted by atomic mass is 10.2. The van der Waals surface area contributed by atoms with Gasteiger partial charge in [0.2, 0.25) is 0 Å². The van der Waals surface area contributed by atoms with Crippen molar-refractivity contribution in [2.24, 2.45) is 5.10 Å². The first-order valence-electron chi connectivity index (χ1n) is 7.70. The molecule has 0 saturated carbocycles. The van der Waals surface area contributed by atoms with E-state index in [0.717, 1.165) is 15.7 Å². The molecule has 2 aromatic rings. The van der Waals surface area contributed by atoms with Gasteiger partial charge in [-0.25, -0.2) is 0 Å². The monoisotopic (exact) mass is 498 g/mol. The summed E-state index contributed by atoms with van der Waals surface area (Å²) in [5.41, 5.74) is 2.39. The molecule has 0 saturated heterocycles. The number of halogens is 1. The first-order valence-corrected chi connectivity index (χ1v) is 8.78. The van der Waals surface area contributed by atoms with Crippen LogP contribution in [-0.4, -0.2) is 29.8 Å². The van der Waals surface area contributed by atoms with E-state index in [4.69, 9.17) is 9.47 Å². The van der Waals surface area contributed by atoms with Gasteiger partial charge in [-0.1, -0.05) is 12.7 Å². The van der Waals surface area contributed by atoms with E-state index in [1.54, 1.807) is 18.2 Å². The number of hydrazone groups is 1. The van der Waals surface area contributed by atoms with Crippen LogP contribution in [-0.2, 0) is 0 Å². The summed E-state index contributed by atoms with van der Waals surface area (Å²) < 4.78 is 11.7. The van der Waals surface area contributed by atoms with E-state index in [-0.39, 0.29) is 11.4 Å². The molecule has 146 valence electrons. The third-order valence-electron chi connectivity index (χ3n) is 3.38. The van der Waals surface area contributed by atoms with Crippen LogP contribution < -0.4 is 14.9 Å². The van der Waals surface area contributed by atoms with Gasteiger partial charge in [-0.2, -0.15) is 5.10 Å². The summed E-state index contributed by atoms with van der Waals surface area (Å²) in [5, 5.41) is 25.9. The Morgan fingerprint density at radius 3 is 2.61 bits per heavy atom. The molecule has 10 nitrogen and oxygen atoms in total. The Bertz CT molecular complexity index is 947. The second kappa shape index (κ2) is 9.64. The van der Waals surface area contributed by atoms with Crippen LogP contribution >= 0.6 is 22.6 Å². The minimum absolute atomic E-state index is 0.0273. The Morgan fingerprint density at radius 2 is 2.00 bits per heavy atom. The first-order chi connectivity index (χ1) is 13.4. The summed E-state index contributed by atoms with van der Waals surface area (Å²) in [6.07, 6.45) is 3.05.